The number of sulfonamides is 1. The minimum Gasteiger partial charge on any atom is -0.317 e. The van der Waals surface area contributed by atoms with Crippen LogP contribution in [0.2, 0.25) is 0 Å². The van der Waals surface area contributed by atoms with Crippen LogP contribution in [0.3, 0.4) is 0 Å². The van der Waals surface area contributed by atoms with Gasteiger partial charge in [-0.3, -0.25) is 4.98 Å². The van der Waals surface area contributed by atoms with Gasteiger partial charge in [0.25, 0.3) is 0 Å². The van der Waals surface area contributed by atoms with Crippen LogP contribution >= 0.6 is 0 Å². The lowest BCUT2D eigenvalue weighted by Gasteiger charge is -2.31. The summed E-state index contributed by atoms with van der Waals surface area (Å²) >= 11 is 0. The summed E-state index contributed by atoms with van der Waals surface area (Å²) in [5, 5.41) is 4.19. The molecule has 1 aliphatic rings. The van der Waals surface area contributed by atoms with E-state index in [4.69, 9.17) is 0 Å². The SMILES string of the molecule is CNC1CCN(S(=O)(=O)Cc2cccc3cccnc23)CC1. The van der Waals surface area contributed by atoms with Gasteiger partial charge in [-0.15, -0.1) is 0 Å². The van der Waals surface area contributed by atoms with E-state index in [1.165, 1.54) is 0 Å². The number of rotatable bonds is 4. The van der Waals surface area contributed by atoms with Crippen LogP contribution in [0.5, 0.6) is 0 Å². The van der Waals surface area contributed by atoms with E-state index in [0.29, 0.717) is 19.1 Å². The van der Waals surface area contributed by atoms with Gasteiger partial charge in [0.05, 0.1) is 11.3 Å². The van der Waals surface area contributed by atoms with Gasteiger partial charge in [-0.2, -0.15) is 0 Å². The van der Waals surface area contributed by atoms with Gasteiger partial charge >= 0.3 is 0 Å². The molecule has 5 nitrogen and oxygen atoms in total. The monoisotopic (exact) mass is 319 g/mol. The lowest BCUT2D eigenvalue weighted by atomic mass is 10.1. The molecule has 2 aromatic rings. The summed E-state index contributed by atoms with van der Waals surface area (Å²) in [4.78, 5) is 4.34. The lowest BCUT2D eigenvalue weighted by Crippen LogP contribution is -2.44. The molecule has 0 bridgehead atoms. The van der Waals surface area contributed by atoms with Crippen LogP contribution in [0, 0.1) is 0 Å². The van der Waals surface area contributed by atoms with Crippen LogP contribution < -0.4 is 5.32 Å². The molecule has 0 saturated carbocycles. The Balaban J connectivity index is 1.82. The number of benzene rings is 1. The predicted molar refractivity (Wildman–Crippen MR) is 88.0 cm³/mol. The van der Waals surface area contributed by atoms with Gasteiger partial charge in [0.1, 0.15) is 0 Å². The summed E-state index contributed by atoms with van der Waals surface area (Å²) in [5.74, 6) is 0.0194. The van der Waals surface area contributed by atoms with E-state index in [-0.39, 0.29) is 5.75 Å². The molecule has 3 rings (SSSR count). The maximum atomic E-state index is 12.7. The van der Waals surface area contributed by atoms with Crippen molar-refractivity contribution in [1.29, 1.82) is 0 Å². The number of aromatic nitrogens is 1. The lowest BCUT2D eigenvalue weighted by molar-refractivity contribution is 0.298. The Morgan fingerprint density at radius 2 is 1.95 bits per heavy atom. The van der Waals surface area contributed by atoms with E-state index in [9.17, 15) is 8.42 Å². The first-order valence-corrected chi connectivity index (χ1v) is 9.19. The molecule has 0 amide bonds. The smallest absolute Gasteiger partial charge is 0.218 e. The Bertz CT molecular complexity index is 748. The molecule has 1 N–H and O–H groups in total. The van der Waals surface area contributed by atoms with E-state index in [2.05, 4.69) is 10.3 Å². The summed E-state index contributed by atoms with van der Waals surface area (Å²) in [6, 6.07) is 9.94. The molecule has 118 valence electrons. The molecule has 0 atom stereocenters. The number of para-hydroxylation sites is 1. The molecular formula is C16H21N3O2S. The van der Waals surface area contributed by atoms with E-state index in [0.717, 1.165) is 29.3 Å². The summed E-state index contributed by atoms with van der Waals surface area (Å²) < 4.78 is 27.0. The molecule has 1 aromatic heterocycles. The Morgan fingerprint density at radius 3 is 2.68 bits per heavy atom. The Hall–Kier alpha value is -1.50. The fourth-order valence-corrected chi connectivity index (χ4v) is 4.57. The van der Waals surface area contributed by atoms with Crippen molar-refractivity contribution >= 4 is 20.9 Å². The fourth-order valence-electron chi connectivity index (χ4n) is 2.99. The first-order valence-electron chi connectivity index (χ1n) is 7.58. The Morgan fingerprint density at radius 1 is 1.23 bits per heavy atom. The molecule has 2 heterocycles. The minimum atomic E-state index is -3.29. The standard InChI is InChI=1S/C16H21N3O2S/c1-17-15-7-10-19(11-8-15)22(20,21)12-14-5-2-4-13-6-3-9-18-16(13)14/h2-6,9,15,17H,7-8,10-12H2,1H3. The van der Waals surface area contributed by atoms with Gasteiger partial charge in [0.2, 0.25) is 10.0 Å². The second-order valence-electron chi connectivity index (χ2n) is 5.71. The van der Waals surface area contributed by atoms with Gasteiger partial charge in [-0.1, -0.05) is 24.3 Å². The molecule has 0 radical (unpaired) electrons. The third kappa shape index (κ3) is 3.14. The number of nitrogens with one attached hydrogen (secondary N) is 1. The third-order valence-corrected chi connectivity index (χ3v) is 6.14. The summed E-state index contributed by atoms with van der Waals surface area (Å²) in [7, 11) is -1.37. The molecular weight excluding hydrogens is 298 g/mol. The predicted octanol–water partition coefficient (Wildman–Crippen LogP) is 1.75. The second-order valence-corrected chi connectivity index (χ2v) is 7.68. The number of nitrogens with zero attached hydrogens (tertiary/aromatic N) is 2. The van der Waals surface area contributed by atoms with Crippen molar-refractivity contribution in [2.24, 2.45) is 0 Å². The minimum absolute atomic E-state index is 0.0194. The number of hydrogen-bond acceptors (Lipinski definition) is 4. The van der Waals surface area contributed by atoms with E-state index < -0.39 is 10.0 Å². The normalized spacial score (nSPS) is 17.9. The highest BCUT2D eigenvalue weighted by Crippen LogP contribution is 2.22. The van der Waals surface area contributed by atoms with Crippen LogP contribution in [0.4, 0.5) is 0 Å². The van der Waals surface area contributed by atoms with Crippen LogP contribution in [-0.4, -0.2) is 43.9 Å². The van der Waals surface area contributed by atoms with Crippen LogP contribution in [0.15, 0.2) is 36.5 Å². The van der Waals surface area contributed by atoms with Gasteiger partial charge in [-0.25, -0.2) is 12.7 Å². The van der Waals surface area contributed by atoms with Crippen molar-refractivity contribution in [2.45, 2.75) is 24.6 Å². The zero-order chi connectivity index (χ0) is 15.6. The number of pyridine rings is 1. The Labute approximate surface area is 131 Å². The van der Waals surface area contributed by atoms with Crippen LogP contribution in [0.1, 0.15) is 18.4 Å². The molecule has 22 heavy (non-hydrogen) atoms. The Kier molecular flexibility index (Phi) is 4.42. The first-order chi connectivity index (χ1) is 10.6. The van der Waals surface area contributed by atoms with Crippen LogP contribution in [-0.2, 0) is 15.8 Å². The van der Waals surface area contributed by atoms with Crippen molar-refractivity contribution in [2.75, 3.05) is 20.1 Å². The van der Waals surface area contributed by atoms with Crippen molar-refractivity contribution in [1.82, 2.24) is 14.6 Å². The van der Waals surface area contributed by atoms with Gasteiger partial charge < -0.3 is 5.32 Å². The van der Waals surface area contributed by atoms with Gasteiger partial charge in [0.15, 0.2) is 0 Å². The number of hydrogen-bond donors (Lipinski definition) is 1. The highest BCUT2D eigenvalue weighted by molar-refractivity contribution is 7.88. The zero-order valence-electron chi connectivity index (χ0n) is 12.7. The highest BCUT2D eigenvalue weighted by atomic mass is 32.2. The molecule has 0 spiro atoms. The summed E-state index contributed by atoms with van der Waals surface area (Å²) in [6.07, 6.45) is 3.43. The fraction of sp³-hybridized carbons (Fsp3) is 0.438. The van der Waals surface area contributed by atoms with Crippen molar-refractivity contribution in [3.63, 3.8) is 0 Å². The van der Waals surface area contributed by atoms with Crippen molar-refractivity contribution < 1.29 is 8.42 Å². The van der Waals surface area contributed by atoms with Crippen LogP contribution in [0.25, 0.3) is 10.9 Å². The van der Waals surface area contributed by atoms with Crippen molar-refractivity contribution in [3.05, 3.63) is 42.1 Å². The number of piperidine rings is 1. The molecule has 1 saturated heterocycles. The third-order valence-electron chi connectivity index (χ3n) is 4.31. The molecule has 0 unspecified atom stereocenters. The topological polar surface area (TPSA) is 62.3 Å². The number of fused-ring (bicyclic) bond motifs is 1. The largest absolute Gasteiger partial charge is 0.317 e. The zero-order valence-corrected chi connectivity index (χ0v) is 13.5. The summed E-state index contributed by atoms with van der Waals surface area (Å²) in [5.41, 5.74) is 1.55. The molecule has 1 aromatic carbocycles. The van der Waals surface area contributed by atoms with E-state index >= 15 is 0 Å². The maximum absolute atomic E-state index is 12.7. The highest BCUT2D eigenvalue weighted by Gasteiger charge is 2.28. The van der Waals surface area contributed by atoms with E-state index in [1.807, 2.05) is 37.4 Å². The molecule has 6 heteroatoms. The molecule has 1 fully saturated rings. The quantitative estimate of drug-likeness (QED) is 0.932. The van der Waals surface area contributed by atoms with Gasteiger partial charge in [0, 0.05) is 30.7 Å². The second kappa shape index (κ2) is 6.32. The first kappa shape index (κ1) is 15.4. The molecule has 0 aliphatic carbocycles. The molecule has 1 aliphatic heterocycles. The van der Waals surface area contributed by atoms with E-state index in [1.54, 1.807) is 10.5 Å². The van der Waals surface area contributed by atoms with Gasteiger partial charge in [-0.05, 0) is 31.5 Å². The van der Waals surface area contributed by atoms with Crippen molar-refractivity contribution in [3.8, 4) is 0 Å². The average molecular weight is 319 g/mol. The average Bonchev–Trinajstić information content (AvgIpc) is 2.55. The maximum Gasteiger partial charge on any atom is 0.218 e. The summed E-state index contributed by atoms with van der Waals surface area (Å²) in [6.45, 7) is 1.18.